The summed E-state index contributed by atoms with van der Waals surface area (Å²) in [7, 11) is 0. The van der Waals surface area contributed by atoms with Crippen LogP contribution in [0.2, 0.25) is 0 Å². The maximum atomic E-state index is 4.50. The zero-order valence-electron chi connectivity index (χ0n) is 12.2. The van der Waals surface area contributed by atoms with Crippen molar-refractivity contribution in [3.05, 3.63) is 78.1 Å². The summed E-state index contributed by atoms with van der Waals surface area (Å²) in [5, 5.41) is 0. The minimum Gasteiger partial charge on any atom is -0.278 e. The summed E-state index contributed by atoms with van der Waals surface area (Å²) in [6, 6.07) is 18.1. The lowest BCUT2D eigenvalue weighted by Crippen LogP contribution is -2.15. The van der Waals surface area contributed by atoms with Crippen LogP contribution in [0.3, 0.4) is 0 Å². The van der Waals surface area contributed by atoms with Crippen LogP contribution in [0.5, 0.6) is 0 Å². The van der Waals surface area contributed by atoms with E-state index in [-0.39, 0.29) is 0 Å². The van der Waals surface area contributed by atoms with Gasteiger partial charge in [0.15, 0.2) is 0 Å². The normalized spacial score (nSPS) is 10.4. The first kappa shape index (κ1) is 13.3. The third kappa shape index (κ3) is 2.63. The predicted molar refractivity (Wildman–Crippen MR) is 86.2 cm³/mol. The highest BCUT2D eigenvalue weighted by atomic mass is 15.2. The molecule has 3 aromatic rings. The molecule has 0 fully saturated rings. The average Bonchev–Trinajstić information content (AvgIpc) is 2.53. The summed E-state index contributed by atoms with van der Waals surface area (Å²) < 4.78 is 0. The van der Waals surface area contributed by atoms with Crippen LogP contribution >= 0.6 is 0 Å². The average molecular weight is 275 g/mol. The molecule has 2 aromatic heterocycles. The maximum Gasteiger partial charge on any atom is 0.138 e. The van der Waals surface area contributed by atoms with Crippen molar-refractivity contribution < 1.29 is 0 Å². The van der Waals surface area contributed by atoms with Crippen LogP contribution < -0.4 is 4.90 Å². The van der Waals surface area contributed by atoms with Crippen molar-refractivity contribution in [2.24, 2.45) is 0 Å². The summed E-state index contributed by atoms with van der Waals surface area (Å²) in [4.78, 5) is 11.1. The van der Waals surface area contributed by atoms with E-state index in [4.69, 9.17) is 0 Å². The number of aryl methyl sites for hydroxylation is 2. The number of benzene rings is 1. The Bertz CT molecular complexity index is 664. The second-order valence-electron chi connectivity index (χ2n) is 4.95. The Morgan fingerprint density at radius 3 is 1.62 bits per heavy atom. The van der Waals surface area contributed by atoms with Crippen LogP contribution in [-0.2, 0) is 0 Å². The second-order valence-corrected chi connectivity index (χ2v) is 4.95. The zero-order chi connectivity index (χ0) is 14.7. The van der Waals surface area contributed by atoms with Gasteiger partial charge in [0.2, 0.25) is 0 Å². The Hall–Kier alpha value is -2.68. The van der Waals surface area contributed by atoms with Crippen molar-refractivity contribution in [2.75, 3.05) is 4.90 Å². The van der Waals surface area contributed by atoms with Crippen molar-refractivity contribution in [2.45, 2.75) is 13.8 Å². The number of pyridine rings is 2. The van der Waals surface area contributed by atoms with E-state index in [1.54, 1.807) is 12.4 Å². The SMILES string of the molecule is Cc1cccc(C)c1N(c1ccccn1)c1ccccn1. The fourth-order valence-electron chi connectivity index (χ4n) is 2.48. The molecular formula is C18H17N3. The molecule has 0 amide bonds. The van der Waals surface area contributed by atoms with Gasteiger partial charge in [0.1, 0.15) is 11.6 Å². The standard InChI is InChI=1S/C18H17N3/c1-14-8-7-9-15(2)18(14)21(16-10-3-5-12-19-16)17-11-4-6-13-20-17/h3-13H,1-2H3. The Morgan fingerprint density at radius 2 is 1.19 bits per heavy atom. The summed E-state index contributed by atoms with van der Waals surface area (Å²) in [6.07, 6.45) is 3.61. The minimum absolute atomic E-state index is 0.869. The van der Waals surface area contributed by atoms with Gasteiger partial charge in [-0.1, -0.05) is 30.3 Å². The zero-order valence-corrected chi connectivity index (χ0v) is 12.2. The van der Waals surface area contributed by atoms with Crippen LogP contribution in [0.1, 0.15) is 11.1 Å². The number of para-hydroxylation sites is 1. The summed E-state index contributed by atoms with van der Waals surface area (Å²) in [6.45, 7) is 4.22. The maximum absolute atomic E-state index is 4.50. The van der Waals surface area contributed by atoms with E-state index in [0.29, 0.717) is 0 Å². The lowest BCUT2D eigenvalue weighted by atomic mass is 10.1. The third-order valence-corrected chi connectivity index (χ3v) is 3.42. The molecule has 2 heterocycles. The van der Waals surface area contributed by atoms with Crippen LogP contribution in [0.25, 0.3) is 0 Å². The van der Waals surface area contributed by atoms with Gasteiger partial charge in [0.05, 0.1) is 5.69 Å². The minimum atomic E-state index is 0.869. The summed E-state index contributed by atoms with van der Waals surface area (Å²) >= 11 is 0. The van der Waals surface area contributed by atoms with E-state index in [9.17, 15) is 0 Å². The molecule has 3 heteroatoms. The quantitative estimate of drug-likeness (QED) is 0.701. The van der Waals surface area contributed by atoms with Gasteiger partial charge < -0.3 is 0 Å². The van der Waals surface area contributed by atoms with Gasteiger partial charge in [0.25, 0.3) is 0 Å². The van der Waals surface area contributed by atoms with Gasteiger partial charge in [-0.05, 0) is 49.2 Å². The van der Waals surface area contributed by atoms with Gasteiger partial charge in [-0.15, -0.1) is 0 Å². The lowest BCUT2D eigenvalue weighted by Gasteiger charge is -2.26. The predicted octanol–water partition coefficient (Wildman–Crippen LogP) is 4.56. The van der Waals surface area contributed by atoms with Crippen molar-refractivity contribution in [1.29, 1.82) is 0 Å². The monoisotopic (exact) mass is 275 g/mol. The fraction of sp³-hybridized carbons (Fsp3) is 0.111. The second kappa shape index (κ2) is 5.75. The molecule has 0 aliphatic heterocycles. The molecule has 1 aromatic carbocycles. The number of rotatable bonds is 3. The number of hydrogen-bond donors (Lipinski definition) is 0. The van der Waals surface area contributed by atoms with Crippen LogP contribution in [0, 0.1) is 13.8 Å². The molecule has 104 valence electrons. The Kier molecular flexibility index (Phi) is 3.65. The molecule has 0 radical (unpaired) electrons. The summed E-state index contributed by atoms with van der Waals surface area (Å²) in [5.74, 6) is 1.74. The molecule has 0 aliphatic carbocycles. The number of nitrogens with zero attached hydrogens (tertiary/aromatic N) is 3. The highest BCUT2D eigenvalue weighted by Gasteiger charge is 2.17. The van der Waals surface area contributed by atoms with Crippen LogP contribution in [0.4, 0.5) is 17.3 Å². The molecule has 3 nitrogen and oxygen atoms in total. The van der Waals surface area contributed by atoms with Gasteiger partial charge in [-0.25, -0.2) is 9.97 Å². The number of aromatic nitrogens is 2. The van der Waals surface area contributed by atoms with Crippen LogP contribution in [-0.4, -0.2) is 9.97 Å². The first-order valence-electron chi connectivity index (χ1n) is 6.96. The smallest absolute Gasteiger partial charge is 0.138 e. The largest absolute Gasteiger partial charge is 0.278 e. The van der Waals surface area contributed by atoms with Gasteiger partial charge in [0, 0.05) is 12.4 Å². The van der Waals surface area contributed by atoms with Gasteiger partial charge in [-0.3, -0.25) is 4.90 Å². The molecule has 0 bridgehead atoms. The molecule has 0 saturated heterocycles. The van der Waals surface area contributed by atoms with E-state index in [1.807, 2.05) is 36.4 Å². The van der Waals surface area contributed by atoms with Crippen molar-refractivity contribution in [3.63, 3.8) is 0 Å². The topological polar surface area (TPSA) is 29.0 Å². The Morgan fingerprint density at radius 1 is 0.667 bits per heavy atom. The third-order valence-electron chi connectivity index (χ3n) is 3.42. The van der Waals surface area contributed by atoms with E-state index in [1.165, 1.54) is 11.1 Å². The molecule has 0 atom stereocenters. The molecule has 0 aliphatic rings. The van der Waals surface area contributed by atoms with E-state index < -0.39 is 0 Å². The highest BCUT2D eigenvalue weighted by Crippen LogP contribution is 2.35. The van der Waals surface area contributed by atoms with E-state index >= 15 is 0 Å². The number of hydrogen-bond acceptors (Lipinski definition) is 3. The van der Waals surface area contributed by atoms with E-state index in [2.05, 4.69) is 46.9 Å². The van der Waals surface area contributed by atoms with Gasteiger partial charge >= 0.3 is 0 Å². The molecule has 0 N–H and O–H groups in total. The molecule has 21 heavy (non-hydrogen) atoms. The molecule has 0 saturated carbocycles. The Balaban J connectivity index is 2.23. The summed E-state index contributed by atoms with van der Waals surface area (Å²) in [5.41, 5.74) is 3.53. The van der Waals surface area contributed by atoms with Gasteiger partial charge in [-0.2, -0.15) is 0 Å². The fourth-order valence-corrected chi connectivity index (χ4v) is 2.48. The molecular weight excluding hydrogens is 258 g/mol. The molecule has 3 rings (SSSR count). The van der Waals surface area contributed by atoms with Crippen molar-refractivity contribution in [1.82, 2.24) is 9.97 Å². The van der Waals surface area contributed by atoms with Crippen LogP contribution in [0.15, 0.2) is 67.0 Å². The first-order valence-corrected chi connectivity index (χ1v) is 6.96. The first-order chi connectivity index (χ1) is 10.3. The molecule has 0 unspecified atom stereocenters. The van der Waals surface area contributed by atoms with Crippen molar-refractivity contribution in [3.8, 4) is 0 Å². The van der Waals surface area contributed by atoms with Crippen molar-refractivity contribution >= 4 is 17.3 Å². The highest BCUT2D eigenvalue weighted by molar-refractivity contribution is 5.76. The Labute approximate surface area is 124 Å². The molecule has 0 spiro atoms. The van der Waals surface area contributed by atoms with E-state index in [0.717, 1.165) is 17.3 Å². The lowest BCUT2D eigenvalue weighted by molar-refractivity contribution is 1.10. The number of anilines is 3.